The summed E-state index contributed by atoms with van der Waals surface area (Å²) in [5.41, 5.74) is 8.31. The van der Waals surface area contributed by atoms with Crippen molar-refractivity contribution in [2.45, 2.75) is 13.3 Å². The van der Waals surface area contributed by atoms with Gasteiger partial charge in [-0.05, 0) is 12.5 Å². The molecule has 0 aliphatic rings. The van der Waals surface area contributed by atoms with Crippen LogP contribution in [0.15, 0.2) is 35.4 Å². The molecule has 84 valence electrons. The van der Waals surface area contributed by atoms with Crippen LogP contribution < -0.4 is 11.2 Å². The first-order valence-corrected chi connectivity index (χ1v) is 4.76. The molecule has 3 N–H and O–H groups in total. The Morgan fingerprint density at radius 3 is 2.44 bits per heavy atom. The highest BCUT2D eigenvalue weighted by Gasteiger charge is 2.06. The third kappa shape index (κ3) is 3.91. The van der Waals surface area contributed by atoms with Gasteiger partial charge in [-0.15, -0.1) is 0 Å². The minimum absolute atomic E-state index is 0.0335. The second kappa shape index (κ2) is 5.65. The molecule has 1 rings (SSSR count). The summed E-state index contributed by atoms with van der Waals surface area (Å²) < 4.78 is 0. The van der Waals surface area contributed by atoms with Crippen LogP contribution >= 0.6 is 0 Å². The Hall–Kier alpha value is -2.17. The second-order valence-corrected chi connectivity index (χ2v) is 3.28. The van der Waals surface area contributed by atoms with Crippen LogP contribution in [0.2, 0.25) is 0 Å². The summed E-state index contributed by atoms with van der Waals surface area (Å²) in [6, 6.07) is 8.38. The molecule has 0 aromatic heterocycles. The van der Waals surface area contributed by atoms with Gasteiger partial charge in [-0.1, -0.05) is 30.3 Å². The zero-order valence-corrected chi connectivity index (χ0v) is 8.93. The molecule has 0 aliphatic carbocycles. The van der Waals surface area contributed by atoms with E-state index < -0.39 is 6.03 Å². The van der Waals surface area contributed by atoms with Crippen molar-refractivity contribution < 1.29 is 9.59 Å². The van der Waals surface area contributed by atoms with Crippen molar-refractivity contribution in [3.05, 3.63) is 35.9 Å². The number of hydrogen-bond acceptors (Lipinski definition) is 3. The Balaban J connectivity index is 2.91. The molecule has 0 unspecified atom stereocenters. The van der Waals surface area contributed by atoms with Crippen molar-refractivity contribution in [3.63, 3.8) is 0 Å². The van der Waals surface area contributed by atoms with Crippen molar-refractivity contribution in [2.75, 3.05) is 0 Å². The quantitative estimate of drug-likeness (QED) is 0.585. The van der Waals surface area contributed by atoms with Crippen molar-refractivity contribution in [1.29, 1.82) is 0 Å². The molecule has 0 saturated carbocycles. The summed E-state index contributed by atoms with van der Waals surface area (Å²) in [4.78, 5) is 21.6. The zero-order chi connectivity index (χ0) is 12.0. The van der Waals surface area contributed by atoms with E-state index in [1.807, 2.05) is 30.3 Å². The number of carbonyl (C=O) groups is 2. The molecule has 0 saturated heterocycles. The number of primary amides is 1. The van der Waals surface area contributed by atoms with Gasteiger partial charge in [0.25, 0.3) is 0 Å². The zero-order valence-electron chi connectivity index (χ0n) is 8.93. The maximum atomic E-state index is 11.0. The number of rotatable bonds is 4. The maximum Gasteiger partial charge on any atom is 0.332 e. The van der Waals surface area contributed by atoms with E-state index >= 15 is 0 Å². The van der Waals surface area contributed by atoms with Gasteiger partial charge >= 0.3 is 6.03 Å². The maximum absolute atomic E-state index is 11.0. The number of Topliss-reactive ketones (excluding diaryl/α,β-unsaturated/α-hetero) is 1. The Kier molecular flexibility index (Phi) is 4.20. The molecule has 0 aliphatic heterocycles. The van der Waals surface area contributed by atoms with E-state index in [9.17, 15) is 9.59 Å². The molecular formula is C11H13N3O2. The largest absolute Gasteiger partial charge is 0.350 e. The van der Waals surface area contributed by atoms with Gasteiger partial charge in [-0.3, -0.25) is 4.79 Å². The van der Waals surface area contributed by atoms with E-state index in [-0.39, 0.29) is 12.2 Å². The molecule has 0 bridgehead atoms. The molecule has 1 aromatic carbocycles. The average Bonchev–Trinajstić information content (AvgIpc) is 2.25. The number of carbonyl (C=O) groups excluding carboxylic acids is 2. The van der Waals surface area contributed by atoms with Crippen LogP contribution in [0.3, 0.4) is 0 Å². The van der Waals surface area contributed by atoms with Gasteiger partial charge in [0.15, 0.2) is 0 Å². The van der Waals surface area contributed by atoms with Gasteiger partial charge in [-0.2, -0.15) is 5.10 Å². The predicted molar refractivity (Wildman–Crippen MR) is 61.0 cm³/mol. The molecule has 0 radical (unpaired) electrons. The molecule has 0 fully saturated rings. The fourth-order valence-electron chi connectivity index (χ4n) is 1.20. The summed E-state index contributed by atoms with van der Waals surface area (Å²) in [7, 11) is 0. The summed E-state index contributed by atoms with van der Waals surface area (Å²) in [6.45, 7) is 1.46. The van der Waals surface area contributed by atoms with Crippen LogP contribution in [-0.4, -0.2) is 17.5 Å². The van der Waals surface area contributed by atoms with Gasteiger partial charge in [0.1, 0.15) is 5.78 Å². The van der Waals surface area contributed by atoms with Crippen molar-refractivity contribution >= 4 is 17.5 Å². The predicted octanol–water partition coefficient (Wildman–Crippen LogP) is 1.04. The highest BCUT2D eigenvalue weighted by Crippen LogP contribution is 2.04. The van der Waals surface area contributed by atoms with Gasteiger partial charge in [0.05, 0.1) is 12.1 Å². The monoisotopic (exact) mass is 219 g/mol. The number of nitrogens with zero attached hydrogens (tertiary/aromatic N) is 1. The van der Waals surface area contributed by atoms with E-state index in [0.29, 0.717) is 5.71 Å². The Bertz CT molecular complexity index is 412. The van der Waals surface area contributed by atoms with E-state index in [4.69, 9.17) is 5.73 Å². The van der Waals surface area contributed by atoms with Gasteiger partial charge in [0, 0.05) is 0 Å². The number of urea groups is 1. The van der Waals surface area contributed by atoms with Crippen LogP contribution in [-0.2, 0) is 4.79 Å². The molecule has 0 heterocycles. The number of benzene rings is 1. The lowest BCUT2D eigenvalue weighted by Crippen LogP contribution is -2.26. The summed E-state index contributed by atoms with van der Waals surface area (Å²) in [6.07, 6.45) is 0.157. The minimum atomic E-state index is -0.753. The first kappa shape index (κ1) is 11.9. The molecule has 1 aromatic rings. The number of hydrogen-bond donors (Lipinski definition) is 2. The summed E-state index contributed by atoms with van der Waals surface area (Å²) in [5, 5.41) is 3.80. The van der Waals surface area contributed by atoms with Crippen molar-refractivity contribution in [1.82, 2.24) is 5.43 Å². The number of ketones is 1. The third-order valence-corrected chi connectivity index (χ3v) is 1.82. The van der Waals surface area contributed by atoms with E-state index in [2.05, 4.69) is 10.5 Å². The molecule has 5 nitrogen and oxygen atoms in total. The molecule has 0 atom stereocenters. The molecule has 0 spiro atoms. The number of amides is 2. The average molecular weight is 219 g/mol. The van der Waals surface area contributed by atoms with Crippen LogP contribution in [0.1, 0.15) is 18.9 Å². The molecule has 16 heavy (non-hydrogen) atoms. The number of hydrazone groups is 1. The highest BCUT2D eigenvalue weighted by atomic mass is 16.2. The van der Waals surface area contributed by atoms with Crippen LogP contribution in [0.5, 0.6) is 0 Å². The van der Waals surface area contributed by atoms with E-state index in [0.717, 1.165) is 5.56 Å². The number of nitrogens with one attached hydrogen (secondary N) is 1. The lowest BCUT2D eigenvalue weighted by molar-refractivity contribution is -0.115. The molecule has 5 heteroatoms. The highest BCUT2D eigenvalue weighted by molar-refractivity contribution is 6.10. The molecular weight excluding hydrogens is 206 g/mol. The Labute approximate surface area is 93.3 Å². The minimum Gasteiger partial charge on any atom is -0.350 e. The second-order valence-electron chi connectivity index (χ2n) is 3.28. The van der Waals surface area contributed by atoms with Crippen molar-refractivity contribution in [2.24, 2.45) is 10.8 Å². The SMILES string of the molecule is CC(=O)C/C(=N/NC(N)=O)c1ccccc1. The van der Waals surface area contributed by atoms with Crippen LogP contribution in [0.4, 0.5) is 4.79 Å². The topological polar surface area (TPSA) is 84.6 Å². The van der Waals surface area contributed by atoms with Crippen LogP contribution in [0.25, 0.3) is 0 Å². The number of nitrogens with two attached hydrogens (primary N) is 1. The van der Waals surface area contributed by atoms with Gasteiger partial charge in [-0.25, -0.2) is 10.2 Å². The van der Waals surface area contributed by atoms with Crippen LogP contribution in [0, 0.1) is 0 Å². The lowest BCUT2D eigenvalue weighted by Gasteiger charge is -2.04. The van der Waals surface area contributed by atoms with Crippen molar-refractivity contribution in [3.8, 4) is 0 Å². The fourth-order valence-corrected chi connectivity index (χ4v) is 1.20. The van der Waals surface area contributed by atoms with E-state index in [1.54, 1.807) is 0 Å². The first-order valence-electron chi connectivity index (χ1n) is 4.76. The smallest absolute Gasteiger partial charge is 0.332 e. The Morgan fingerprint density at radius 1 is 1.31 bits per heavy atom. The Morgan fingerprint density at radius 2 is 1.94 bits per heavy atom. The lowest BCUT2D eigenvalue weighted by atomic mass is 10.1. The fraction of sp³-hybridized carbons (Fsp3) is 0.182. The first-order chi connectivity index (χ1) is 7.59. The van der Waals surface area contributed by atoms with Gasteiger partial charge in [0.2, 0.25) is 0 Å². The normalized spacial score (nSPS) is 10.9. The summed E-state index contributed by atoms with van der Waals surface area (Å²) in [5.74, 6) is -0.0335. The standard InChI is InChI=1S/C11H13N3O2/c1-8(15)7-10(13-14-11(12)16)9-5-3-2-4-6-9/h2-6H,7H2,1H3,(H3,12,14,16)/b13-10-. The van der Waals surface area contributed by atoms with Gasteiger partial charge < -0.3 is 5.73 Å². The molecule has 2 amide bonds. The summed E-state index contributed by atoms with van der Waals surface area (Å²) >= 11 is 0. The third-order valence-electron chi connectivity index (χ3n) is 1.82. The van der Waals surface area contributed by atoms with E-state index in [1.165, 1.54) is 6.92 Å².